The molecule has 0 saturated heterocycles. The summed E-state index contributed by atoms with van der Waals surface area (Å²) in [4.78, 5) is 0. The number of methoxy groups -OCH3 is 1. The fraction of sp³-hybridized carbons (Fsp3) is 0.188. The minimum atomic E-state index is 0.580. The van der Waals surface area contributed by atoms with Crippen LogP contribution < -0.4 is 14.9 Å². The molecule has 0 saturated carbocycles. The smallest absolute Gasteiger partial charge is 0.161 e. The number of rotatable bonds is 6. The van der Waals surface area contributed by atoms with Crippen LogP contribution in [0.25, 0.3) is 0 Å². The van der Waals surface area contributed by atoms with Crippen molar-refractivity contribution in [1.29, 1.82) is 0 Å². The third-order valence-corrected chi connectivity index (χ3v) is 3.44. The molecule has 0 aliphatic carbocycles. The fourth-order valence-electron chi connectivity index (χ4n) is 1.77. The van der Waals surface area contributed by atoms with Crippen LogP contribution in [0.4, 0.5) is 5.69 Å². The highest BCUT2D eigenvalue weighted by molar-refractivity contribution is 9.10. The lowest BCUT2D eigenvalue weighted by Gasteiger charge is -2.11. The largest absolute Gasteiger partial charge is 0.493 e. The Hall–Kier alpha value is -2.01. The molecule has 0 unspecified atom stereocenters. The van der Waals surface area contributed by atoms with Gasteiger partial charge in [0.15, 0.2) is 11.5 Å². The maximum Gasteiger partial charge on any atom is 0.161 e. The van der Waals surface area contributed by atoms with Crippen LogP contribution in [-0.4, -0.2) is 19.9 Å². The Bertz CT molecular complexity index is 615. The number of anilines is 1. The van der Waals surface area contributed by atoms with Gasteiger partial charge < -0.3 is 9.47 Å². The van der Waals surface area contributed by atoms with Gasteiger partial charge in [-0.05, 0) is 47.1 Å². The minimum Gasteiger partial charge on any atom is -0.493 e. The lowest BCUT2D eigenvalue weighted by Crippen LogP contribution is -1.98. The van der Waals surface area contributed by atoms with Crippen LogP contribution in [0.1, 0.15) is 12.5 Å². The van der Waals surface area contributed by atoms with Gasteiger partial charge in [0.2, 0.25) is 0 Å². The summed E-state index contributed by atoms with van der Waals surface area (Å²) in [6.45, 7) is 2.52. The van der Waals surface area contributed by atoms with E-state index in [0.29, 0.717) is 18.1 Å². The molecule has 0 radical (unpaired) electrons. The third kappa shape index (κ3) is 4.23. The monoisotopic (exact) mass is 348 g/mol. The van der Waals surface area contributed by atoms with Crippen molar-refractivity contribution < 1.29 is 9.47 Å². The lowest BCUT2D eigenvalue weighted by molar-refractivity contribution is 0.311. The lowest BCUT2D eigenvalue weighted by atomic mass is 10.2. The quantitative estimate of drug-likeness (QED) is 0.625. The number of hydrogen-bond acceptors (Lipinski definition) is 4. The average molecular weight is 349 g/mol. The van der Waals surface area contributed by atoms with Gasteiger partial charge in [0.25, 0.3) is 0 Å². The van der Waals surface area contributed by atoms with Gasteiger partial charge in [0, 0.05) is 10.0 Å². The molecule has 110 valence electrons. The summed E-state index contributed by atoms with van der Waals surface area (Å²) in [6, 6.07) is 13.5. The van der Waals surface area contributed by atoms with E-state index in [4.69, 9.17) is 9.47 Å². The first kappa shape index (κ1) is 15.4. The molecular formula is C16H17BrN2O2. The van der Waals surface area contributed by atoms with E-state index in [9.17, 15) is 0 Å². The van der Waals surface area contributed by atoms with Crippen molar-refractivity contribution in [2.45, 2.75) is 6.92 Å². The normalized spacial score (nSPS) is 10.6. The molecule has 0 fully saturated rings. The number of halogens is 1. The van der Waals surface area contributed by atoms with Crippen LogP contribution in [0.2, 0.25) is 0 Å². The highest BCUT2D eigenvalue weighted by Crippen LogP contribution is 2.32. The van der Waals surface area contributed by atoms with Crippen molar-refractivity contribution >= 4 is 27.8 Å². The number of hydrazone groups is 1. The molecule has 0 amide bonds. The van der Waals surface area contributed by atoms with Crippen LogP contribution in [0.3, 0.4) is 0 Å². The van der Waals surface area contributed by atoms with E-state index in [1.165, 1.54) is 0 Å². The van der Waals surface area contributed by atoms with Crippen LogP contribution in [0, 0.1) is 0 Å². The van der Waals surface area contributed by atoms with Gasteiger partial charge in [0.05, 0.1) is 25.6 Å². The van der Waals surface area contributed by atoms with E-state index in [0.717, 1.165) is 15.7 Å². The van der Waals surface area contributed by atoms with Gasteiger partial charge in [-0.15, -0.1) is 0 Å². The molecule has 0 aliphatic rings. The maximum absolute atomic E-state index is 5.56. The minimum absolute atomic E-state index is 0.580. The summed E-state index contributed by atoms with van der Waals surface area (Å²) in [5.41, 5.74) is 4.82. The number of hydrogen-bond donors (Lipinski definition) is 1. The second-order valence-corrected chi connectivity index (χ2v) is 5.05. The Labute approximate surface area is 132 Å². The van der Waals surface area contributed by atoms with Gasteiger partial charge >= 0.3 is 0 Å². The highest BCUT2D eigenvalue weighted by Gasteiger charge is 2.08. The zero-order chi connectivity index (χ0) is 15.1. The average Bonchev–Trinajstić information content (AvgIpc) is 2.51. The first-order chi connectivity index (χ1) is 10.2. The molecule has 1 N–H and O–H groups in total. The summed E-state index contributed by atoms with van der Waals surface area (Å²) in [5.74, 6) is 1.39. The Morgan fingerprint density at radius 1 is 1.19 bits per heavy atom. The Morgan fingerprint density at radius 2 is 1.95 bits per heavy atom. The summed E-state index contributed by atoms with van der Waals surface area (Å²) in [6.07, 6.45) is 1.74. The van der Waals surface area contributed by atoms with E-state index in [1.807, 2.05) is 49.4 Å². The Kier molecular flexibility index (Phi) is 5.63. The molecule has 2 aromatic rings. The second-order valence-electron chi connectivity index (χ2n) is 4.19. The van der Waals surface area contributed by atoms with Crippen molar-refractivity contribution in [3.8, 4) is 11.5 Å². The van der Waals surface area contributed by atoms with Gasteiger partial charge in [-0.3, -0.25) is 5.43 Å². The standard InChI is InChI=1S/C16H17BrN2O2/c1-3-21-16-9-12(14(17)10-15(16)20-2)11-18-19-13-7-5-4-6-8-13/h4-11,19H,3H2,1-2H3. The van der Waals surface area contributed by atoms with Gasteiger partial charge in [-0.25, -0.2) is 0 Å². The van der Waals surface area contributed by atoms with E-state index < -0.39 is 0 Å². The number of nitrogens with zero attached hydrogens (tertiary/aromatic N) is 1. The summed E-state index contributed by atoms with van der Waals surface area (Å²) in [5, 5.41) is 4.23. The maximum atomic E-state index is 5.56. The summed E-state index contributed by atoms with van der Waals surface area (Å²) < 4.78 is 11.7. The topological polar surface area (TPSA) is 42.8 Å². The molecule has 21 heavy (non-hydrogen) atoms. The molecule has 0 spiro atoms. The Morgan fingerprint density at radius 3 is 2.62 bits per heavy atom. The second kappa shape index (κ2) is 7.69. The van der Waals surface area contributed by atoms with Gasteiger partial charge in [-0.2, -0.15) is 5.10 Å². The Balaban J connectivity index is 2.17. The van der Waals surface area contributed by atoms with Gasteiger partial charge in [0.1, 0.15) is 0 Å². The molecule has 5 heteroatoms. The van der Waals surface area contributed by atoms with E-state index in [1.54, 1.807) is 13.3 Å². The van der Waals surface area contributed by atoms with Crippen LogP contribution in [0.5, 0.6) is 11.5 Å². The molecule has 0 heterocycles. The van der Waals surface area contributed by atoms with Crippen molar-refractivity contribution in [2.24, 2.45) is 5.10 Å². The number of ether oxygens (including phenoxy) is 2. The van der Waals surface area contributed by atoms with Crippen molar-refractivity contribution in [3.05, 3.63) is 52.5 Å². The zero-order valence-electron chi connectivity index (χ0n) is 12.0. The SMILES string of the molecule is CCOc1cc(C=NNc2ccccc2)c(Br)cc1OC. The molecule has 0 aliphatic heterocycles. The third-order valence-electron chi connectivity index (χ3n) is 2.75. The first-order valence-electron chi connectivity index (χ1n) is 6.59. The predicted octanol–water partition coefficient (Wildman–Crippen LogP) is 4.30. The van der Waals surface area contributed by atoms with Gasteiger partial charge in [-0.1, -0.05) is 18.2 Å². The highest BCUT2D eigenvalue weighted by atomic mass is 79.9. The van der Waals surface area contributed by atoms with E-state index in [-0.39, 0.29) is 0 Å². The number of benzene rings is 2. The fourth-order valence-corrected chi connectivity index (χ4v) is 2.19. The van der Waals surface area contributed by atoms with Crippen LogP contribution in [0.15, 0.2) is 52.0 Å². The molecule has 2 aromatic carbocycles. The summed E-state index contributed by atoms with van der Waals surface area (Å²) in [7, 11) is 1.62. The number of para-hydroxylation sites is 1. The number of nitrogens with one attached hydrogen (secondary N) is 1. The van der Waals surface area contributed by atoms with Crippen LogP contribution in [-0.2, 0) is 0 Å². The molecule has 0 atom stereocenters. The summed E-state index contributed by atoms with van der Waals surface area (Å²) >= 11 is 3.51. The molecule has 4 nitrogen and oxygen atoms in total. The molecule has 0 aromatic heterocycles. The first-order valence-corrected chi connectivity index (χ1v) is 7.38. The molecular weight excluding hydrogens is 332 g/mol. The van der Waals surface area contributed by atoms with E-state index >= 15 is 0 Å². The van der Waals surface area contributed by atoms with Crippen LogP contribution >= 0.6 is 15.9 Å². The van der Waals surface area contributed by atoms with Crippen molar-refractivity contribution in [1.82, 2.24) is 0 Å². The van der Waals surface area contributed by atoms with Crippen molar-refractivity contribution in [2.75, 3.05) is 19.1 Å². The van der Waals surface area contributed by atoms with Crippen molar-refractivity contribution in [3.63, 3.8) is 0 Å². The molecule has 0 bridgehead atoms. The van der Waals surface area contributed by atoms with E-state index in [2.05, 4.69) is 26.5 Å². The molecule has 2 rings (SSSR count). The zero-order valence-corrected chi connectivity index (χ0v) is 13.6. The predicted molar refractivity (Wildman–Crippen MR) is 89.5 cm³/mol.